The minimum Gasteiger partial charge on any atom is -0.481 e. The quantitative estimate of drug-likeness (QED) is 0.894. The third-order valence-corrected chi connectivity index (χ3v) is 3.87. The summed E-state index contributed by atoms with van der Waals surface area (Å²) in [6.07, 6.45) is 5.33. The molecule has 0 saturated carbocycles. The summed E-state index contributed by atoms with van der Waals surface area (Å²) in [5.41, 5.74) is 1.03. The molecule has 0 amide bonds. The molecule has 1 aliphatic heterocycles. The molecule has 1 N–H and O–H groups in total. The van der Waals surface area contributed by atoms with E-state index in [0.29, 0.717) is 18.0 Å². The van der Waals surface area contributed by atoms with Gasteiger partial charge in [0, 0.05) is 25.2 Å². The van der Waals surface area contributed by atoms with Crippen molar-refractivity contribution in [1.29, 1.82) is 0 Å². The van der Waals surface area contributed by atoms with E-state index in [1.165, 1.54) is 19.3 Å². The van der Waals surface area contributed by atoms with Gasteiger partial charge in [0.25, 0.3) is 0 Å². The van der Waals surface area contributed by atoms with Gasteiger partial charge in [0.15, 0.2) is 0 Å². The lowest BCUT2D eigenvalue weighted by molar-refractivity contribution is 0.389. The summed E-state index contributed by atoms with van der Waals surface area (Å²) in [4.78, 5) is 11.1. The summed E-state index contributed by atoms with van der Waals surface area (Å²) in [6, 6.07) is 1.02. The second-order valence-corrected chi connectivity index (χ2v) is 5.74. The Hall–Kier alpha value is -1.36. The van der Waals surface area contributed by atoms with Gasteiger partial charge >= 0.3 is 0 Å². The Labute approximate surface area is 121 Å². The average molecular weight is 278 g/mol. The zero-order chi connectivity index (χ0) is 14.5. The van der Waals surface area contributed by atoms with Crippen molar-refractivity contribution >= 4 is 5.82 Å². The minimum absolute atomic E-state index is 0.504. The summed E-state index contributed by atoms with van der Waals surface area (Å²) in [6.45, 7) is 8.48. The first-order chi connectivity index (χ1) is 9.63. The highest BCUT2D eigenvalue weighted by molar-refractivity contribution is 5.51. The Morgan fingerprint density at radius 2 is 2.20 bits per heavy atom. The van der Waals surface area contributed by atoms with E-state index in [2.05, 4.69) is 34.0 Å². The van der Waals surface area contributed by atoms with E-state index < -0.39 is 0 Å². The zero-order valence-corrected chi connectivity index (χ0v) is 13.0. The number of aromatic nitrogens is 2. The van der Waals surface area contributed by atoms with Gasteiger partial charge in [-0.2, -0.15) is 0 Å². The van der Waals surface area contributed by atoms with Crippen molar-refractivity contribution < 1.29 is 4.74 Å². The summed E-state index contributed by atoms with van der Waals surface area (Å²) >= 11 is 0. The first-order valence-corrected chi connectivity index (χ1v) is 7.49. The smallest absolute Gasteiger partial charge is 0.221 e. The van der Waals surface area contributed by atoms with E-state index in [1.54, 1.807) is 13.4 Å². The van der Waals surface area contributed by atoms with Gasteiger partial charge in [0.1, 0.15) is 12.1 Å². The lowest BCUT2D eigenvalue weighted by Gasteiger charge is -2.38. The third-order valence-electron chi connectivity index (χ3n) is 3.87. The van der Waals surface area contributed by atoms with E-state index in [-0.39, 0.29) is 0 Å². The van der Waals surface area contributed by atoms with Crippen LogP contribution in [0.25, 0.3) is 0 Å². The van der Waals surface area contributed by atoms with Gasteiger partial charge in [-0.3, -0.25) is 0 Å². The van der Waals surface area contributed by atoms with Gasteiger partial charge in [-0.15, -0.1) is 0 Å². The van der Waals surface area contributed by atoms with Crippen LogP contribution >= 0.6 is 0 Å². The van der Waals surface area contributed by atoms with Gasteiger partial charge in [0.05, 0.1) is 12.7 Å². The second kappa shape index (κ2) is 6.88. The van der Waals surface area contributed by atoms with Crippen LogP contribution in [0.5, 0.6) is 5.88 Å². The predicted molar refractivity (Wildman–Crippen MR) is 81.4 cm³/mol. The van der Waals surface area contributed by atoms with Crippen LogP contribution in [0, 0.1) is 6.92 Å². The maximum Gasteiger partial charge on any atom is 0.221 e. The van der Waals surface area contributed by atoms with Crippen molar-refractivity contribution in [1.82, 2.24) is 15.3 Å². The highest BCUT2D eigenvalue weighted by Gasteiger charge is 2.25. The molecular weight excluding hydrogens is 252 g/mol. The molecule has 1 aromatic rings. The number of anilines is 1. The molecule has 1 atom stereocenters. The Balaban J connectivity index is 2.19. The lowest BCUT2D eigenvalue weighted by atomic mass is 10.0. The number of ether oxygens (including phenoxy) is 1. The Morgan fingerprint density at radius 1 is 1.40 bits per heavy atom. The van der Waals surface area contributed by atoms with Gasteiger partial charge in [-0.1, -0.05) is 13.8 Å². The van der Waals surface area contributed by atoms with Crippen molar-refractivity contribution in [3.8, 4) is 5.88 Å². The summed E-state index contributed by atoms with van der Waals surface area (Å²) in [5.74, 6) is 1.70. The molecule has 0 aromatic carbocycles. The van der Waals surface area contributed by atoms with Crippen molar-refractivity contribution in [3.63, 3.8) is 0 Å². The molecule has 1 aliphatic rings. The maximum atomic E-state index is 5.32. The van der Waals surface area contributed by atoms with E-state index >= 15 is 0 Å². The second-order valence-electron chi connectivity index (χ2n) is 5.74. The molecule has 2 rings (SSSR count). The third kappa shape index (κ3) is 3.39. The van der Waals surface area contributed by atoms with Crippen LogP contribution < -0.4 is 15.0 Å². The Morgan fingerprint density at radius 3 is 2.90 bits per heavy atom. The van der Waals surface area contributed by atoms with Crippen LogP contribution in [-0.4, -0.2) is 42.3 Å². The average Bonchev–Trinajstić information content (AvgIpc) is 2.46. The number of rotatable bonds is 5. The van der Waals surface area contributed by atoms with Crippen LogP contribution in [0.2, 0.25) is 0 Å². The molecule has 2 heterocycles. The fraction of sp³-hybridized carbons (Fsp3) is 0.733. The number of hydrogen-bond donors (Lipinski definition) is 1. The zero-order valence-electron chi connectivity index (χ0n) is 13.0. The molecule has 0 radical (unpaired) electrons. The van der Waals surface area contributed by atoms with Crippen molar-refractivity contribution in [2.24, 2.45) is 0 Å². The van der Waals surface area contributed by atoms with E-state index in [4.69, 9.17) is 4.74 Å². The maximum absolute atomic E-state index is 5.32. The molecule has 112 valence electrons. The first-order valence-electron chi connectivity index (χ1n) is 7.49. The van der Waals surface area contributed by atoms with Gasteiger partial charge in [-0.25, -0.2) is 9.97 Å². The summed E-state index contributed by atoms with van der Waals surface area (Å²) in [7, 11) is 1.66. The monoisotopic (exact) mass is 278 g/mol. The van der Waals surface area contributed by atoms with E-state index in [0.717, 1.165) is 24.5 Å². The van der Waals surface area contributed by atoms with Crippen molar-refractivity contribution in [2.45, 2.75) is 52.1 Å². The van der Waals surface area contributed by atoms with Crippen LogP contribution in [0.1, 0.15) is 38.7 Å². The molecule has 5 heteroatoms. The molecular formula is C15H26N4O. The Kier molecular flexibility index (Phi) is 5.17. The Bertz CT molecular complexity index is 436. The molecule has 20 heavy (non-hydrogen) atoms. The highest BCUT2D eigenvalue weighted by Crippen LogP contribution is 2.29. The van der Waals surface area contributed by atoms with Crippen molar-refractivity contribution in [3.05, 3.63) is 11.9 Å². The molecule has 0 bridgehead atoms. The first kappa shape index (κ1) is 15.0. The van der Waals surface area contributed by atoms with Gasteiger partial charge < -0.3 is 15.0 Å². The van der Waals surface area contributed by atoms with Crippen LogP contribution in [0.15, 0.2) is 6.33 Å². The number of nitrogens with one attached hydrogen (secondary N) is 1. The molecule has 1 saturated heterocycles. The largest absolute Gasteiger partial charge is 0.481 e. The van der Waals surface area contributed by atoms with E-state index in [9.17, 15) is 0 Å². The molecule has 0 spiro atoms. The summed E-state index contributed by atoms with van der Waals surface area (Å²) in [5, 5.41) is 3.55. The standard InChI is InChI=1S/C15H26N4O/c1-11(2)16-9-13-7-5-6-8-19(13)14-12(3)15(20-4)18-10-17-14/h10-11,13,16H,5-9H2,1-4H3. The fourth-order valence-electron chi connectivity index (χ4n) is 2.78. The normalized spacial score (nSPS) is 19.4. The van der Waals surface area contributed by atoms with Gasteiger partial charge in [0.2, 0.25) is 5.88 Å². The minimum atomic E-state index is 0.504. The number of nitrogens with zero attached hydrogens (tertiary/aromatic N) is 3. The number of hydrogen-bond acceptors (Lipinski definition) is 5. The van der Waals surface area contributed by atoms with Crippen LogP contribution in [0.4, 0.5) is 5.82 Å². The SMILES string of the molecule is COc1ncnc(N2CCCCC2CNC(C)C)c1C. The van der Waals surface area contributed by atoms with Crippen LogP contribution in [-0.2, 0) is 0 Å². The number of piperidine rings is 1. The molecule has 0 aliphatic carbocycles. The topological polar surface area (TPSA) is 50.3 Å². The number of methoxy groups -OCH3 is 1. The lowest BCUT2D eigenvalue weighted by Crippen LogP contribution is -2.47. The molecule has 1 unspecified atom stereocenters. The van der Waals surface area contributed by atoms with Crippen molar-refractivity contribution in [2.75, 3.05) is 25.1 Å². The fourth-order valence-corrected chi connectivity index (χ4v) is 2.78. The molecule has 1 fully saturated rings. The van der Waals surface area contributed by atoms with Crippen LogP contribution in [0.3, 0.4) is 0 Å². The van der Waals surface area contributed by atoms with Gasteiger partial charge in [-0.05, 0) is 26.2 Å². The highest BCUT2D eigenvalue weighted by atomic mass is 16.5. The molecule has 1 aromatic heterocycles. The molecule has 5 nitrogen and oxygen atoms in total. The predicted octanol–water partition coefficient (Wildman–Crippen LogP) is 2.15. The van der Waals surface area contributed by atoms with E-state index in [1.807, 2.05) is 6.92 Å². The summed E-state index contributed by atoms with van der Waals surface area (Å²) < 4.78 is 5.32.